The largest absolute Gasteiger partial charge is 0.492 e. The summed E-state index contributed by atoms with van der Waals surface area (Å²) in [6.45, 7) is 8.32. The number of carbonyl (C=O) groups excluding carboxylic acids is 1. The third-order valence-electron chi connectivity index (χ3n) is 2.24. The van der Waals surface area contributed by atoms with Crippen LogP contribution in [0.25, 0.3) is 0 Å². The van der Waals surface area contributed by atoms with Gasteiger partial charge in [-0.15, -0.1) is 0 Å². The smallest absolute Gasteiger partial charge is 0.422 e. The fraction of sp³-hybridized carbons (Fsp3) is 0.500. The van der Waals surface area contributed by atoms with Crippen LogP contribution in [0.2, 0.25) is 0 Å². The van der Waals surface area contributed by atoms with E-state index in [0.717, 1.165) is 20.3 Å². The van der Waals surface area contributed by atoms with Gasteiger partial charge in [-0.1, -0.05) is 15.9 Å². The van der Waals surface area contributed by atoms with Crippen molar-refractivity contribution >= 4 is 38.0 Å². The molecule has 1 rings (SSSR count). The van der Waals surface area contributed by atoms with Crippen molar-refractivity contribution in [3.05, 3.63) is 26.6 Å². The number of hydrazine groups is 1. The first-order chi connectivity index (χ1) is 9.73. The number of amides is 1. The Morgan fingerprint density at radius 2 is 1.95 bits per heavy atom. The van der Waals surface area contributed by atoms with Crippen LogP contribution in [0.3, 0.4) is 0 Å². The standard InChI is InChI=1S/C14H20Br2N2O3/c1-5-20-12-9(6-10(15)7-11(12)16)8-17-18-13(19)21-14(2,3)4/h6-7,17H,5,8H2,1-4H3,(H,18,19). The Hall–Kier alpha value is -0.790. The molecule has 0 fully saturated rings. The summed E-state index contributed by atoms with van der Waals surface area (Å²) in [4.78, 5) is 11.5. The predicted molar refractivity (Wildman–Crippen MR) is 89.2 cm³/mol. The van der Waals surface area contributed by atoms with Crippen molar-refractivity contribution < 1.29 is 14.3 Å². The van der Waals surface area contributed by atoms with E-state index in [1.165, 1.54) is 0 Å². The van der Waals surface area contributed by atoms with Crippen LogP contribution in [0.1, 0.15) is 33.3 Å². The van der Waals surface area contributed by atoms with Crippen molar-refractivity contribution in [2.24, 2.45) is 0 Å². The van der Waals surface area contributed by atoms with Crippen LogP contribution in [0.5, 0.6) is 5.75 Å². The van der Waals surface area contributed by atoms with Gasteiger partial charge in [0.1, 0.15) is 11.4 Å². The summed E-state index contributed by atoms with van der Waals surface area (Å²) < 4.78 is 12.5. The molecule has 0 bridgehead atoms. The summed E-state index contributed by atoms with van der Waals surface area (Å²) in [5, 5.41) is 0. The minimum atomic E-state index is -0.527. The number of halogens is 2. The molecule has 0 spiro atoms. The second-order valence-electron chi connectivity index (χ2n) is 5.29. The van der Waals surface area contributed by atoms with Crippen molar-refractivity contribution in [2.45, 2.75) is 39.8 Å². The highest BCUT2D eigenvalue weighted by Crippen LogP contribution is 2.32. The second kappa shape index (κ2) is 8.00. The van der Waals surface area contributed by atoms with Gasteiger partial charge in [0.25, 0.3) is 0 Å². The molecule has 7 heteroatoms. The van der Waals surface area contributed by atoms with E-state index in [4.69, 9.17) is 9.47 Å². The van der Waals surface area contributed by atoms with E-state index in [-0.39, 0.29) is 0 Å². The molecule has 0 unspecified atom stereocenters. The average Bonchev–Trinajstić information content (AvgIpc) is 2.31. The molecule has 118 valence electrons. The molecule has 0 aliphatic rings. The summed E-state index contributed by atoms with van der Waals surface area (Å²) in [5.41, 5.74) is 5.71. The number of rotatable bonds is 5. The summed E-state index contributed by atoms with van der Waals surface area (Å²) in [5.74, 6) is 0.749. The quantitative estimate of drug-likeness (QED) is 0.698. The third-order valence-corrected chi connectivity index (χ3v) is 3.29. The molecule has 0 atom stereocenters. The van der Waals surface area contributed by atoms with Gasteiger partial charge >= 0.3 is 6.09 Å². The topological polar surface area (TPSA) is 59.6 Å². The highest BCUT2D eigenvalue weighted by Gasteiger charge is 2.16. The zero-order valence-electron chi connectivity index (χ0n) is 12.5. The van der Waals surface area contributed by atoms with E-state index in [0.29, 0.717) is 13.2 Å². The lowest BCUT2D eigenvalue weighted by molar-refractivity contribution is 0.0496. The highest BCUT2D eigenvalue weighted by molar-refractivity contribution is 9.11. The number of hydrogen-bond donors (Lipinski definition) is 2. The minimum Gasteiger partial charge on any atom is -0.492 e. The average molecular weight is 424 g/mol. The van der Waals surface area contributed by atoms with Crippen LogP contribution in [0.4, 0.5) is 4.79 Å². The summed E-state index contributed by atoms with van der Waals surface area (Å²) in [6, 6.07) is 3.84. The number of carbonyl (C=O) groups is 1. The maximum atomic E-state index is 11.5. The van der Waals surface area contributed by atoms with Gasteiger partial charge < -0.3 is 9.47 Å². The molecule has 2 N–H and O–H groups in total. The van der Waals surface area contributed by atoms with Crippen LogP contribution < -0.4 is 15.6 Å². The molecule has 0 radical (unpaired) electrons. The first-order valence-corrected chi connectivity index (χ1v) is 8.14. The van der Waals surface area contributed by atoms with E-state index in [1.54, 1.807) is 0 Å². The van der Waals surface area contributed by atoms with Gasteiger partial charge in [-0.2, -0.15) is 0 Å². The first-order valence-electron chi connectivity index (χ1n) is 6.55. The zero-order valence-corrected chi connectivity index (χ0v) is 15.7. The highest BCUT2D eigenvalue weighted by atomic mass is 79.9. The van der Waals surface area contributed by atoms with E-state index >= 15 is 0 Å². The Bertz CT molecular complexity index is 502. The lowest BCUT2D eigenvalue weighted by Crippen LogP contribution is -2.40. The molecular formula is C14H20Br2N2O3. The third kappa shape index (κ3) is 6.67. The van der Waals surface area contributed by atoms with E-state index < -0.39 is 11.7 Å². The summed E-state index contributed by atoms with van der Waals surface area (Å²) >= 11 is 6.90. The maximum absolute atomic E-state index is 11.5. The number of nitrogens with one attached hydrogen (secondary N) is 2. The molecule has 0 saturated heterocycles. The molecule has 1 aromatic rings. The molecular weight excluding hydrogens is 404 g/mol. The van der Waals surface area contributed by atoms with E-state index in [1.807, 2.05) is 39.8 Å². The lowest BCUT2D eigenvalue weighted by atomic mass is 10.2. The van der Waals surface area contributed by atoms with Gasteiger partial charge in [-0.3, -0.25) is 5.43 Å². The Labute approximate surface area is 142 Å². The molecule has 1 aromatic carbocycles. The Balaban J connectivity index is 2.65. The van der Waals surface area contributed by atoms with E-state index in [2.05, 4.69) is 42.7 Å². The number of ether oxygens (including phenoxy) is 2. The normalized spacial score (nSPS) is 11.1. The van der Waals surface area contributed by atoms with Gasteiger partial charge in [0.05, 0.1) is 11.1 Å². The van der Waals surface area contributed by atoms with Crippen molar-refractivity contribution in [3.8, 4) is 5.75 Å². The van der Waals surface area contributed by atoms with Crippen molar-refractivity contribution in [1.82, 2.24) is 10.9 Å². The Kier molecular flexibility index (Phi) is 6.96. The molecule has 0 aromatic heterocycles. The van der Waals surface area contributed by atoms with Crippen molar-refractivity contribution in [1.29, 1.82) is 0 Å². The van der Waals surface area contributed by atoms with Crippen molar-refractivity contribution in [3.63, 3.8) is 0 Å². The molecule has 0 saturated carbocycles. The van der Waals surface area contributed by atoms with E-state index in [9.17, 15) is 4.79 Å². The van der Waals surface area contributed by atoms with Gasteiger partial charge in [0.15, 0.2) is 0 Å². The fourth-order valence-electron chi connectivity index (χ4n) is 1.57. The minimum absolute atomic E-state index is 0.409. The van der Waals surface area contributed by atoms with Crippen LogP contribution in [-0.2, 0) is 11.3 Å². The summed E-state index contributed by atoms with van der Waals surface area (Å²) in [6.07, 6.45) is -0.519. The molecule has 0 aliphatic carbocycles. The van der Waals surface area contributed by atoms with Crippen LogP contribution in [0.15, 0.2) is 21.1 Å². The van der Waals surface area contributed by atoms with Gasteiger partial charge in [0.2, 0.25) is 0 Å². The van der Waals surface area contributed by atoms with Crippen LogP contribution >= 0.6 is 31.9 Å². The fourth-order valence-corrected chi connectivity index (χ4v) is 2.99. The SMILES string of the molecule is CCOc1c(Br)cc(Br)cc1CNNC(=O)OC(C)(C)C. The van der Waals surface area contributed by atoms with Crippen molar-refractivity contribution in [2.75, 3.05) is 6.61 Å². The van der Waals surface area contributed by atoms with Gasteiger partial charge in [-0.05, 0) is 55.8 Å². The predicted octanol–water partition coefficient (Wildman–Crippen LogP) is 4.14. The van der Waals surface area contributed by atoms with Gasteiger partial charge in [-0.25, -0.2) is 10.2 Å². The second-order valence-corrected chi connectivity index (χ2v) is 7.06. The number of hydrogen-bond acceptors (Lipinski definition) is 4. The van der Waals surface area contributed by atoms with Gasteiger partial charge in [0, 0.05) is 16.6 Å². The van der Waals surface area contributed by atoms with Crippen LogP contribution in [-0.4, -0.2) is 18.3 Å². The molecule has 21 heavy (non-hydrogen) atoms. The maximum Gasteiger partial charge on any atom is 0.422 e. The van der Waals surface area contributed by atoms with Crippen LogP contribution in [0, 0.1) is 0 Å². The molecule has 0 heterocycles. The molecule has 0 aliphatic heterocycles. The molecule has 5 nitrogen and oxygen atoms in total. The number of benzene rings is 1. The monoisotopic (exact) mass is 422 g/mol. The Morgan fingerprint density at radius 3 is 2.52 bits per heavy atom. The first kappa shape index (κ1) is 18.3. The molecule has 1 amide bonds. The lowest BCUT2D eigenvalue weighted by Gasteiger charge is -2.20. The Morgan fingerprint density at radius 1 is 1.29 bits per heavy atom. The summed E-state index contributed by atoms with van der Waals surface area (Å²) in [7, 11) is 0. The zero-order chi connectivity index (χ0) is 16.0.